The zero-order valence-corrected chi connectivity index (χ0v) is 14.1. The average Bonchev–Trinajstić information content (AvgIpc) is 2.68. The SMILES string of the molecule is O=C([O-])c1ccc(-c2cccc(O[C@H]3O[C@H](CO)[C@@H](O)[C@H](O)[C@@H]3O)c2)cc1. The van der Waals surface area contributed by atoms with Gasteiger partial charge in [-0.15, -0.1) is 0 Å². The highest BCUT2D eigenvalue weighted by molar-refractivity contribution is 5.86. The highest BCUT2D eigenvalue weighted by Crippen LogP contribution is 2.28. The summed E-state index contributed by atoms with van der Waals surface area (Å²) in [5, 5.41) is 49.7. The van der Waals surface area contributed by atoms with E-state index < -0.39 is 43.3 Å². The number of carboxylic acid groups (broad SMARTS) is 1. The fourth-order valence-corrected chi connectivity index (χ4v) is 2.85. The van der Waals surface area contributed by atoms with E-state index in [1.54, 1.807) is 36.4 Å². The lowest BCUT2D eigenvalue weighted by molar-refractivity contribution is -0.277. The molecule has 0 aromatic heterocycles. The van der Waals surface area contributed by atoms with Gasteiger partial charge in [-0.25, -0.2) is 0 Å². The first-order valence-corrected chi connectivity index (χ1v) is 8.29. The summed E-state index contributed by atoms with van der Waals surface area (Å²) in [5.41, 5.74) is 1.52. The van der Waals surface area contributed by atoms with Gasteiger partial charge in [0.05, 0.1) is 12.6 Å². The number of rotatable bonds is 5. The van der Waals surface area contributed by atoms with Gasteiger partial charge in [-0.3, -0.25) is 0 Å². The maximum Gasteiger partial charge on any atom is 0.229 e. The lowest BCUT2D eigenvalue weighted by Gasteiger charge is -2.39. The van der Waals surface area contributed by atoms with Gasteiger partial charge in [-0.05, 0) is 28.8 Å². The van der Waals surface area contributed by atoms with Gasteiger partial charge in [0.2, 0.25) is 6.29 Å². The van der Waals surface area contributed by atoms with Crippen molar-refractivity contribution < 1.29 is 39.8 Å². The Morgan fingerprint density at radius 1 is 1.00 bits per heavy atom. The second-order valence-electron chi connectivity index (χ2n) is 6.21. The molecule has 0 saturated carbocycles. The quantitative estimate of drug-likeness (QED) is 0.516. The minimum atomic E-state index is -1.53. The zero-order valence-electron chi connectivity index (χ0n) is 14.1. The van der Waals surface area contributed by atoms with E-state index in [1.807, 2.05) is 0 Å². The van der Waals surface area contributed by atoms with Crippen LogP contribution in [0.2, 0.25) is 0 Å². The van der Waals surface area contributed by atoms with Crippen molar-refractivity contribution in [1.29, 1.82) is 0 Å². The lowest BCUT2D eigenvalue weighted by Crippen LogP contribution is -2.60. The van der Waals surface area contributed by atoms with Crippen molar-refractivity contribution in [1.82, 2.24) is 0 Å². The highest BCUT2D eigenvalue weighted by Gasteiger charge is 2.44. The molecule has 0 radical (unpaired) electrons. The molecule has 1 aliphatic heterocycles. The summed E-state index contributed by atoms with van der Waals surface area (Å²) in [6.07, 6.45) is -6.83. The number of carbonyl (C=O) groups is 1. The van der Waals surface area contributed by atoms with Crippen molar-refractivity contribution in [3.63, 3.8) is 0 Å². The van der Waals surface area contributed by atoms with Crippen LogP contribution in [0.15, 0.2) is 48.5 Å². The monoisotopic (exact) mass is 375 g/mol. The van der Waals surface area contributed by atoms with Crippen molar-refractivity contribution in [3.05, 3.63) is 54.1 Å². The largest absolute Gasteiger partial charge is 0.545 e. The van der Waals surface area contributed by atoms with E-state index >= 15 is 0 Å². The minimum Gasteiger partial charge on any atom is -0.545 e. The Morgan fingerprint density at radius 3 is 2.33 bits per heavy atom. The Morgan fingerprint density at radius 2 is 1.70 bits per heavy atom. The van der Waals surface area contributed by atoms with Crippen LogP contribution in [0.4, 0.5) is 0 Å². The van der Waals surface area contributed by atoms with Gasteiger partial charge in [0, 0.05) is 0 Å². The van der Waals surface area contributed by atoms with Crippen LogP contribution in [-0.4, -0.2) is 63.7 Å². The second kappa shape index (κ2) is 8.03. The number of carboxylic acids is 1. The van der Waals surface area contributed by atoms with Crippen molar-refractivity contribution in [2.24, 2.45) is 0 Å². The fraction of sp³-hybridized carbons (Fsp3) is 0.316. The Balaban J connectivity index is 1.78. The van der Waals surface area contributed by atoms with Crippen LogP contribution in [0.5, 0.6) is 5.75 Å². The van der Waals surface area contributed by atoms with E-state index in [0.717, 1.165) is 11.1 Å². The van der Waals surface area contributed by atoms with Gasteiger partial charge in [0.1, 0.15) is 30.2 Å². The summed E-state index contributed by atoms with van der Waals surface area (Å²) >= 11 is 0. The van der Waals surface area contributed by atoms with E-state index in [-0.39, 0.29) is 5.56 Å². The maximum atomic E-state index is 10.8. The topological polar surface area (TPSA) is 140 Å². The first-order valence-electron chi connectivity index (χ1n) is 8.29. The number of hydrogen-bond acceptors (Lipinski definition) is 8. The van der Waals surface area contributed by atoms with E-state index in [4.69, 9.17) is 9.47 Å². The number of aliphatic hydroxyl groups excluding tert-OH is 4. The number of ether oxygens (including phenoxy) is 2. The molecule has 0 spiro atoms. The summed E-state index contributed by atoms with van der Waals surface area (Å²) < 4.78 is 10.9. The normalized spacial score (nSPS) is 27.9. The third-order valence-electron chi connectivity index (χ3n) is 4.39. The first kappa shape index (κ1) is 19.3. The van der Waals surface area contributed by atoms with Crippen LogP contribution in [-0.2, 0) is 4.74 Å². The summed E-state index contributed by atoms with van der Waals surface area (Å²) in [6.45, 7) is -0.546. The molecule has 8 heteroatoms. The van der Waals surface area contributed by atoms with Crippen LogP contribution < -0.4 is 9.84 Å². The van der Waals surface area contributed by atoms with Gasteiger partial charge >= 0.3 is 0 Å². The van der Waals surface area contributed by atoms with Crippen LogP contribution in [0.3, 0.4) is 0 Å². The van der Waals surface area contributed by atoms with Crippen molar-refractivity contribution >= 4 is 5.97 Å². The van der Waals surface area contributed by atoms with E-state index in [2.05, 4.69) is 0 Å². The molecule has 2 aromatic rings. The number of aromatic carboxylic acids is 1. The molecule has 27 heavy (non-hydrogen) atoms. The molecule has 4 N–H and O–H groups in total. The van der Waals surface area contributed by atoms with Gasteiger partial charge < -0.3 is 39.8 Å². The van der Waals surface area contributed by atoms with Crippen LogP contribution in [0.25, 0.3) is 11.1 Å². The summed E-state index contributed by atoms with van der Waals surface area (Å²) in [6, 6.07) is 12.8. The molecule has 1 heterocycles. The van der Waals surface area contributed by atoms with Gasteiger partial charge in [-0.1, -0.05) is 36.4 Å². The molecular formula is C19H19O8-. The van der Waals surface area contributed by atoms with Crippen LogP contribution >= 0.6 is 0 Å². The molecular weight excluding hydrogens is 356 g/mol. The predicted octanol–water partition coefficient (Wildman–Crippen LogP) is -1.10. The van der Waals surface area contributed by atoms with Crippen molar-refractivity contribution in [2.45, 2.75) is 30.7 Å². The number of benzene rings is 2. The Kier molecular flexibility index (Phi) is 5.73. The molecule has 3 rings (SSSR count). The Hall–Kier alpha value is -2.49. The Labute approximate surface area is 154 Å². The summed E-state index contributed by atoms with van der Waals surface area (Å²) in [5.74, 6) is -0.943. The van der Waals surface area contributed by atoms with Crippen molar-refractivity contribution in [3.8, 4) is 16.9 Å². The molecule has 144 valence electrons. The fourth-order valence-electron chi connectivity index (χ4n) is 2.85. The summed E-state index contributed by atoms with van der Waals surface area (Å²) in [7, 11) is 0. The number of aliphatic hydroxyl groups is 4. The molecule has 0 unspecified atom stereocenters. The summed E-state index contributed by atoms with van der Waals surface area (Å²) in [4.78, 5) is 10.8. The van der Waals surface area contributed by atoms with E-state index in [1.165, 1.54) is 12.1 Å². The standard InChI is InChI=1S/C19H20O8/c20-9-14-15(21)16(22)17(23)19(27-14)26-13-3-1-2-12(8-13)10-4-6-11(7-5-10)18(24)25/h1-8,14-17,19-23H,9H2,(H,24,25)/p-1/t14-,15-,16+,17+,19+/m1/s1. The predicted molar refractivity (Wildman–Crippen MR) is 90.6 cm³/mol. The van der Waals surface area contributed by atoms with E-state index in [0.29, 0.717) is 5.75 Å². The van der Waals surface area contributed by atoms with Gasteiger partial charge in [-0.2, -0.15) is 0 Å². The Bertz CT molecular complexity index is 789. The molecule has 8 nitrogen and oxygen atoms in total. The first-order chi connectivity index (χ1) is 12.9. The van der Waals surface area contributed by atoms with E-state index in [9.17, 15) is 30.3 Å². The molecule has 5 atom stereocenters. The minimum absolute atomic E-state index is 0.0625. The molecule has 1 fully saturated rings. The van der Waals surface area contributed by atoms with Crippen molar-refractivity contribution in [2.75, 3.05) is 6.61 Å². The van der Waals surface area contributed by atoms with Gasteiger partial charge in [0.25, 0.3) is 0 Å². The molecule has 2 aromatic carbocycles. The van der Waals surface area contributed by atoms with Gasteiger partial charge in [0.15, 0.2) is 0 Å². The molecule has 0 bridgehead atoms. The molecule has 0 aliphatic carbocycles. The smallest absolute Gasteiger partial charge is 0.229 e. The highest BCUT2D eigenvalue weighted by atomic mass is 16.7. The lowest BCUT2D eigenvalue weighted by atomic mass is 9.99. The second-order valence-corrected chi connectivity index (χ2v) is 6.21. The van der Waals surface area contributed by atoms with Crippen LogP contribution in [0.1, 0.15) is 10.4 Å². The maximum absolute atomic E-state index is 10.8. The average molecular weight is 375 g/mol. The number of hydrogen-bond donors (Lipinski definition) is 4. The molecule has 0 amide bonds. The zero-order chi connectivity index (χ0) is 19.6. The van der Waals surface area contributed by atoms with Crippen LogP contribution in [0, 0.1) is 0 Å². The molecule has 1 saturated heterocycles. The third kappa shape index (κ3) is 4.10. The number of carbonyl (C=O) groups excluding carboxylic acids is 1. The molecule has 1 aliphatic rings. The third-order valence-corrected chi connectivity index (χ3v) is 4.39.